The maximum absolute atomic E-state index is 13.3. The van der Waals surface area contributed by atoms with Crippen molar-refractivity contribution >= 4 is 46.2 Å². The lowest BCUT2D eigenvalue weighted by Crippen LogP contribution is -2.41. The van der Waals surface area contributed by atoms with E-state index in [4.69, 9.17) is 12.2 Å². The summed E-state index contributed by atoms with van der Waals surface area (Å²) in [4.78, 5) is 27.6. The van der Waals surface area contributed by atoms with Crippen molar-refractivity contribution in [2.24, 2.45) is 0 Å². The molecule has 3 aromatic rings. The van der Waals surface area contributed by atoms with E-state index in [0.29, 0.717) is 16.5 Å². The number of thiocarbonyl (C=S) groups is 1. The fourth-order valence-electron chi connectivity index (χ4n) is 3.39. The van der Waals surface area contributed by atoms with E-state index in [1.165, 1.54) is 4.90 Å². The van der Waals surface area contributed by atoms with Crippen molar-refractivity contribution in [3.05, 3.63) is 90.5 Å². The normalized spacial score (nSPS) is 15.8. The molecule has 0 saturated carbocycles. The number of anilines is 3. The Bertz CT molecular complexity index is 1090. The molecule has 1 atom stereocenters. The van der Waals surface area contributed by atoms with Crippen molar-refractivity contribution in [1.29, 1.82) is 0 Å². The number of aryl methyl sites for hydroxylation is 1. The summed E-state index contributed by atoms with van der Waals surface area (Å²) in [6, 6.07) is 25.4. The number of hydrogen-bond donors (Lipinski definition) is 2. The molecule has 0 bridgehead atoms. The van der Waals surface area contributed by atoms with Gasteiger partial charge in [-0.1, -0.05) is 54.1 Å². The van der Waals surface area contributed by atoms with Gasteiger partial charge in [-0.25, -0.2) is 5.01 Å². The number of hydrogen-bond acceptors (Lipinski definition) is 4. The fraction of sp³-hybridized carbons (Fsp3) is 0.125. The molecule has 1 heterocycles. The van der Waals surface area contributed by atoms with Crippen LogP contribution in [0.4, 0.5) is 17.1 Å². The lowest BCUT2D eigenvalue weighted by Gasteiger charge is -2.25. The van der Waals surface area contributed by atoms with Crippen LogP contribution in [0.3, 0.4) is 0 Å². The molecule has 156 valence electrons. The van der Waals surface area contributed by atoms with Crippen LogP contribution in [0.5, 0.6) is 0 Å². The first-order valence-corrected chi connectivity index (χ1v) is 10.3. The Balaban J connectivity index is 1.58. The van der Waals surface area contributed by atoms with E-state index in [0.717, 1.165) is 11.3 Å². The van der Waals surface area contributed by atoms with Crippen molar-refractivity contribution in [3.8, 4) is 0 Å². The smallest absolute Gasteiger partial charge is 0.258 e. The molecule has 31 heavy (non-hydrogen) atoms. The molecule has 2 N–H and O–H groups in total. The van der Waals surface area contributed by atoms with Crippen LogP contribution in [0.15, 0.2) is 84.9 Å². The van der Waals surface area contributed by atoms with E-state index in [1.54, 1.807) is 5.01 Å². The molecule has 0 unspecified atom stereocenters. The average molecular weight is 431 g/mol. The SMILES string of the molecule is Cc1ccc(NC(=O)C[C@@H]2C(=O)N(c3ccccc3)C(=S)N2Nc2ccccc2)cc1. The number of para-hydroxylation sites is 2. The molecule has 0 aliphatic carbocycles. The van der Waals surface area contributed by atoms with Crippen LogP contribution < -0.4 is 15.6 Å². The summed E-state index contributed by atoms with van der Waals surface area (Å²) in [5, 5.41) is 4.75. The fourth-order valence-corrected chi connectivity index (χ4v) is 3.76. The van der Waals surface area contributed by atoms with Gasteiger partial charge in [-0.2, -0.15) is 0 Å². The topological polar surface area (TPSA) is 64.7 Å². The first-order valence-electron chi connectivity index (χ1n) is 9.93. The molecule has 2 amide bonds. The van der Waals surface area contributed by atoms with Gasteiger partial charge in [0.25, 0.3) is 5.91 Å². The number of rotatable bonds is 6. The van der Waals surface area contributed by atoms with Gasteiger partial charge in [-0.3, -0.25) is 19.9 Å². The van der Waals surface area contributed by atoms with Crippen molar-refractivity contribution < 1.29 is 9.59 Å². The van der Waals surface area contributed by atoms with Gasteiger partial charge in [0.2, 0.25) is 11.0 Å². The standard InChI is InChI=1S/C24H22N4O2S/c1-17-12-14-18(15-13-17)25-22(29)16-21-23(30)27(20-10-6-3-7-11-20)24(31)28(21)26-19-8-4-2-5-9-19/h2-15,21,26H,16H2,1H3,(H,25,29)/t21-/m1/s1. The van der Waals surface area contributed by atoms with Crippen LogP contribution in [-0.2, 0) is 9.59 Å². The predicted octanol–water partition coefficient (Wildman–Crippen LogP) is 4.35. The number of amides is 2. The van der Waals surface area contributed by atoms with Gasteiger partial charge in [0.15, 0.2) is 0 Å². The Hall–Kier alpha value is -3.71. The zero-order valence-electron chi connectivity index (χ0n) is 17.0. The molecule has 0 radical (unpaired) electrons. The zero-order valence-corrected chi connectivity index (χ0v) is 17.8. The molecule has 1 fully saturated rings. The minimum Gasteiger partial charge on any atom is -0.326 e. The highest BCUT2D eigenvalue weighted by atomic mass is 32.1. The predicted molar refractivity (Wildman–Crippen MR) is 127 cm³/mol. The van der Waals surface area contributed by atoms with Crippen LogP contribution >= 0.6 is 12.2 Å². The number of hydrazine groups is 1. The van der Waals surface area contributed by atoms with E-state index in [1.807, 2.05) is 91.9 Å². The first-order chi connectivity index (χ1) is 15.0. The Morgan fingerprint density at radius 2 is 1.52 bits per heavy atom. The molecule has 7 heteroatoms. The summed E-state index contributed by atoms with van der Waals surface area (Å²) in [5.74, 6) is -0.515. The maximum Gasteiger partial charge on any atom is 0.258 e. The first kappa shape index (κ1) is 20.6. The van der Waals surface area contributed by atoms with Gasteiger partial charge in [0, 0.05) is 5.69 Å². The van der Waals surface area contributed by atoms with E-state index in [-0.39, 0.29) is 18.2 Å². The second-order valence-corrected chi connectivity index (χ2v) is 7.64. The molecular weight excluding hydrogens is 408 g/mol. The summed E-state index contributed by atoms with van der Waals surface area (Å²) < 4.78 is 0. The van der Waals surface area contributed by atoms with Crippen molar-refractivity contribution in [2.75, 3.05) is 15.6 Å². The molecule has 6 nitrogen and oxygen atoms in total. The third kappa shape index (κ3) is 4.57. The summed E-state index contributed by atoms with van der Waals surface area (Å²) >= 11 is 5.63. The Kier molecular flexibility index (Phi) is 5.95. The number of carbonyl (C=O) groups is 2. The highest BCUT2D eigenvalue weighted by Crippen LogP contribution is 2.28. The monoisotopic (exact) mass is 430 g/mol. The summed E-state index contributed by atoms with van der Waals surface area (Å²) in [5.41, 5.74) is 6.43. The van der Waals surface area contributed by atoms with E-state index >= 15 is 0 Å². The Labute approximate surface area is 186 Å². The van der Waals surface area contributed by atoms with Crippen molar-refractivity contribution in [3.63, 3.8) is 0 Å². The molecule has 1 aliphatic heterocycles. The van der Waals surface area contributed by atoms with Crippen molar-refractivity contribution in [2.45, 2.75) is 19.4 Å². The van der Waals surface area contributed by atoms with Gasteiger partial charge in [-0.15, -0.1) is 0 Å². The molecule has 4 rings (SSSR count). The maximum atomic E-state index is 13.3. The molecular formula is C24H22N4O2S. The van der Waals surface area contributed by atoms with E-state index in [9.17, 15) is 9.59 Å². The number of benzene rings is 3. The third-order valence-electron chi connectivity index (χ3n) is 4.97. The highest BCUT2D eigenvalue weighted by Gasteiger charge is 2.44. The zero-order chi connectivity index (χ0) is 21.8. The minimum atomic E-state index is -0.779. The summed E-state index contributed by atoms with van der Waals surface area (Å²) in [6.07, 6.45) is -0.0456. The second-order valence-electron chi connectivity index (χ2n) is 7.27. The van der Waals surface area contributed by atoms with Crippen LogP contribution in [-0.4, -0.2) is 28.0 Å². The quantitative estimate of drug-likeness (QED) is 0.569. The van der Waals surface area contributed by atoms with Crippen molar-refractivity contribution in [1.82, 2.24) is 5.01 Å². The van der Waals surface area contributed by atoms with Gasteiger partial charge < -0.3 is 5.32 Å². The van der Waals surface area contributed by atoms with Gasteiger partial charge >= 0.3 is 0 Å². The van der Waals surface area contributed by atoms with Gasteiger partial charge in [-0.05, 0) is 55.5 Å². The van der Waals surface area contributed by atoms with Crippen LogP contribution in [0, 0.1) is 6.92 Å². The average Bonchev–Trinajstić information content (AvgIpc) is 3.00. The van der Waals surface area contributed by atoms with Gasteiger partial charge in [0.1, 0.15) is 6.04 Å². The number of nitrogens with zero attached hydrogens (tertiary/aromatic N) is 2. The molecule has 0 aromatic heterocycles. The van der Waals surface area contributed by atoms with E-state index in [2.05, 4.69) is 10.7 Å². The molecule has 0 spiro atoms. The summed E-state index contributed by atoms with van der Waals surface area (Å²) in [6.45, 7) is 1.98. The third-order valence-corrected chi connectivity index (χ3v) is 5.35. The number of carbonyl (C=O) groups excluding carboxylic acids is 2. The number of nitrogens with one attached hydrogen (secondary N) is 2. The second kappa shape index (κ2) is 8.97. The highest BCUT2D eigenvalue weighted by molar-refractivity contribution is 7.80. The van der Waals surface area contributed by atoms with E-state index < -0.39 is 6.04 Å². The van der Waals surface area contributed by atoms with Crippen LogP contribution in [0.2, 0.25) is 0 Å². The Morgan fingerprint density at radius 1 is 0.903 bits per heavy atom. The minimum absolute atomic E-state index is 0.0456. The van der Waals surface area contributed by atoms with Crippen LogP contribution in [0.1, 0.15) is 12.0 Å². The molecule has 1 aliphatic rings. The summed E-state index contributed by atoms with van der Waals surface area (Å²) in [7, 11) is 0. The van der Waals surface area contributed by atoms with Crippen LogP contribution in [0.25, 0.3) is 0 Å². The largest absolute Gasteiger partial charge is 0.326 e. The Morgan fingerprint density at radius 3 is 2.16 bits per heavy atom. The lowest BCUT2D eigenvalue weighted by atomic mass is 10.1. The molecule has 3 aromatic carbocycles. The lowest BCUT2D eigenvalue weighted by molar-refractivity contribution is -0.124. The molecule has 1 saturated heterocycles. The van der Waals surface area contributed by atoms with Gasteiger partial charge in [0.05, 0.1) is 17.8 Å².